The molecule has 1 aliphatic rings. The molecule has 158 valence electrons. The van der Waals surface area contributed by atoms with Gasteiger partial charge in [-0.2, -0.15) is 0 Å². The lowest BCUT2D eigenvalue weighted by molar-refractivity contribution is -0.148. The van der Waals surface area contributed by atoms with Gasteiger partial charge < -0.3 is 14.8 Å². The highest BCUT2D eigenvalue weighted by Gasteiger charge is 2.48. The van der Waals surface area contributed by atoms with Gasteiger partial charge in [-0.25, -0.2) is 4.79 Å². The Bertz CT molecular complexity index is 898. The average molecular weight is 410 g/mol. The first-order valence-corrected chi connectivity index (χ1v) is 9.90. The van der Waals surface area contributed by atoms with Crippen LogP contribution in [0.5, 0.6) is 5.75 Å². The number of esters is 1. The molecule has 0 aliphatic carbocycles. The zero-order valence-corrected chi connectivity index (χ0v) is 17.2. The number of hydrogen-bond acceptors (Lipinski definition) is 5. The van der Waals surface area contributed by atoms with Gasteiger partial charge in [-0.05, 0) is 44.4 Å². The van der Waals surface area contributed by atoms with Crippen molar-refractivity contribution in [3.63, 3.8) is 0 Å². The van der Waals surface area contributed by atoms with Gasteiger partial charge in [0, 0.05) is 0 Å². The van der Waals surface area contributed by atoms with Crippen molar-refractivity contribution < 1.29 is 23.9 Å². The van der Waals surface area contributed by atoms with Crippen LogP contribution in [0, 0.1) is 6.92 Å². The van der Waals surface area contributed by atoms with E-state index in [0.29, 0.717) is 18.6 Å². The van der Waals surface area contributed by atoms with Gasteiger partial charge in [0.1, 0.15) is 31.0 Å². The Morgan fingerprint density at radius 2 is 1.73 bits per heavy atom. The molecule has 2 aromatic carbocycles. The number of nitrogens with one attached hydrogen (secondary N) is 1. The second-order valence-electron chi connectivity index (χ2n) is 7.52. The molecule has 0 bridgehead atoms. The van der Waals surface area contributed by atoms with Crippen molar-refractivity contribution in [1.82, 2.24) is 10.2 Å². The van der Waals surface area contributed by atoms with E-state index in [2.05, 4.69) is 5.32 Å². The Morgan fingerprint density at radius 1 is 1.03 bits per heavy atom. The summed E-state index contributed by atoms with van der Waals surface area (Å²) in [7, 11) is 0. The number of carbonyl (C=O) groups is 3. The summed E-state index contributed by atoms with van der Waals surface area (Å²) in [6.07, 6.45) is 1.08. The van der Waals surface area contributed by atoms with Crippen LogP contribution in [-0.4, -0.2) is 48.1 Å². The number of hydrogen-bond donors (Lipinski definition) is 1. The topological polar surface area (TPSA) is 84.9 Å². The fourth-order valence-corrected chi connectivity index (χ4v) is 3.22. The summed E-state index contributed by atoms with van der Waals surface area (Å²) >= 11 is 0. The SMILES string of the molecule is Cc1ccc(OCCOC(=O)CN2C(=O)N[C@@](C)(CCc3ccccc3)C2=O)cc1. The Balaban J connectivity index is 1.44. The van der Waals surface area contributed by atoms with Crippen molar-refractivity contribution in [2.45, 2.75) is 32.2 Å². The van der Waals surface area contributed by atoms with Gasteiger partial charge in [0.05, 0.1) is 0 Å². The molecule has 3 amide bonds. The summed E-state index contributed by atoms with van der Waals surface area (Å²) in [6, 6.07) is 16.7. The first-order valence-electron chi connectivity index (χ1n) is 9.90. The normalized spacial score (nSPS) is 18.3. The zero-order chi connectivity index (χ0) is 21.6. The number of amides is 3. The molecule has 7 nitrogen and oxygen atoms in total. The Hall–Kier alpha value is -3.35. The third kappa shape index (κ3) is 5.37. The lowest BCUT2D eigenvalue weighted by atomic mass is 9.93. The van der Waals surface area contributed by atoms with Crippen LogP contribution < -0.4 is 10.1 Å². The summed E-state index contributed by atoms with van der Waals surface area (Å²) < 4.78 is 10.6. The van der Waals surface area contributed by atoms with Gasteiger partial charge in [0.15, 0.2) is 0 Å². The van der Waals surface area contributed by atoms with Gasteiger partial charge in [-0.1, -0.05) is 48.0 Å². The highest BCUT2D eigenvalue weighted by molar-refractivity contribution is 6.08. The lowest BCUT2D eigenvalue weighted by Gasteiger charge is -2.21. The minimum Gasteiger partial charge on any atom is -0.490 e. The minimum absolute atomic E-state index is 0.0294. The van der Waals surface area contributed by atoms with E-state index in [-0.39, 0.29) is 13.2 Å². The maximum absolute atomic E-state index is 12.7. The summed E-state index contributed by atoms with van der Waals surface area (Å²) in [5.74, 6) is -0.394. The molecule has 0 saturated carbocycles. The number of nitrogens with zero attached hydrogens (tertiary/aromatic N) is 1. The smallest absolute Gasteiger partial charge is 0.326 e. The van der Waals surface area contributed by atoms with Crippen molar-refractivity contribution in [2.24, 2.45) is 0 Å². The molecule has 0 radical (unpaired) electrons. The predicted molar refractivity (Wildman–Crippen MR) is 111 cm³/mol. The molecule has 1 saturated heterocycles. The van der Waals surface area contributed by atoms with Gasteiger partial charge >= 0.3 is 12.0 Å². The number of urea groups is 1. The van der Waals surface area contributed by atoms with E-state index < -0.39 is 30.0 Å². The Labute approximate surface area is 176 Å². The van der Waals surface area contributed by atoms with Crippen molar-refractivity contribution >= 4 is 17.9 Å². The van der Waals surface area contributed by atoms with Crippen LogP contribution in [0.3, 0.4) is 0 Å². The van der Waals surface area contributed by atoms with E-state index in [1.54, 1.807) is 6.92 Å². The highest BCUT2D eigenvalue weighted by Crippen LogP contribution is 2.23. The largest absolute Gasteiger partial charge is 0.490 e. The summed E-state index contributed by atoms with van der Waals surface area (Å²) in [6.45, 7) is 3.45. The van der Waals surface area contributed by atoms with Crippen LogP contribution in [0.15, 0.2) is 54.6 Å². The number of ether oxygens (including phenoxy) is 2. The van der Waals surface area contributed by atoms with E-state index in [0.717, 1.165) is 16.0 Å². The molecule has 30 heavy (non-hydrogen) atoms. The standard InChI is InChI=1S/C23H26N2O5/c1-17-8-10-19(11-9-17)29-14-15-30-20(26)16-25-21(27)23(2,24-22(25)28)13-12-18-6-4-3-5-7-18/h3-11H,12-16H2,1-2H3,(H,24,28)/t23-/m0/s1. The Morgan fingerprint density at radius 3 is 2.43 bits per heavy atom. The Kier molecular flexibility index (Phi) is 6.72. The van der Waals surface area contributed by atoms with Gasteiger partial charge in [-0.3, -0.25) is 14.5 Å². The summed E-state index contributed by atoms with van der Waals surface area (Å²) in [5.41, 5.74) is 1.16. The van der Waals surface area contributed by atoms with E-state index in [9.17, 15) is 14.4 Å². The maximum atomic E-state index is 12.7. The van der Waals surface area contributed by atoms with Crippen LogP contribution in [-0.2, 0) is 20.7 Å². The first-order chi connectivity index (χ1) is 14.4. The average Bonchev–Trinajstić information content (AvgIpc) is 2.95. The van der Waals surface area contributed by atoms with Crippen molar-refractivity contribution in [3.05, 3.63) is 65.7 Å². The number of rotatable bonds is 9. The van der Waals surface area contributed by atoms with E-state index in [4.69, 9.17) is 9.47 Å². The van der Waals surface area contributed by atoms with Crippen LogP contribution in [0.4, 0.5) is 4.79 Å². The van der Waals surface area contributed by atoms with Crippen LogP contribution in [0.2, 0.25) is 0 Å². The second kappa shape index (κ2) is 9.43. The number of imide groups is 1. The maximum Gasteiger partial charge on any atom is 0.326 e. The predicted octanol–water partition coefficient (Wildman–Crippen LogP) is 2.86. The molecule has 1 aliphatic heterocycles. The molecule has 2 aromatic rings. The summed E-state index contributed by atoms with van der Waals surface area (Å²) in [4.78, 5) is 38.0. The number of benzene rings is 2. The third-order valence-electron chi connectivity index (χ3n) is 5.02. The zero-order valence-electron chi connectivity index (χ0n) is 17.2. The quantitative estimate of drug-likeness (QED) is 0.390. The molecule has 0 aromatic heterocycles. The lowest BCUT2D eigenvalue weighted by Crippen LogP contribution is -2.44. The second-order valence-corrected chi connectivity index (χ2v) is 7.52. The molecule has 1 heterocycles. The minimum atomic E-state index is -1.04. The molecule has 1 atom stereocenters. The van der Waals surface area contributed by atoms with Crippen molar-refractivity contribution in [3.8, 4) is 5.75 Å². The summed E-state index contributed by atoms with van der Waals surface area (Å²) in [5, 5.41) is 2.70. The van der Waals surface area contributed by atoms with Crippen molar-refractivity contribution in [1.29, 1.82) is 0 Å². The van der Waals surface area contributed by atoms with Gasteiger partial charge in [-0.15, -0.1) is 0 Å². The van der Waals surface area contributed by atoms with Crippen LogP contribution in [0.25, 0.3) is 0 Å². The monoisotopic (exact) mass is 410 g/mol. The highest BCUT2D eigenvalue weighted by atomic mass is 16.6. The molecule has 0 unspecified atom stereocenters. The number of aryl methyl sites for hydroxylation is 2. The molecule has 0 spiro atoms. The van der Waals surface area contributed by atoms with Crippen LogP contribution >= 0.6 is 0 Å². The first kappa shape index (κ1) is 21.4. The van der Waals surface area contributed by atoms with Gasteiger partial charge in [0.2, 0.25) is 0 Å². The molecule has 1 fully saturated rings. The van der Waals surface area contributed by atoms with Crippen molar-refractivity contribution in [2.75, 3.05) is 19.8 Å². The van der Waals surface area contributed by atoms with E-state index >= 15 is 0 Å². The molecular formula is C23H26N2O5. The molecule has 1 N–H and O–H groups in total. The van der Waals surface area contributed by atoms with E-state index in [1.165, 1.54) is 0 Å². The fraction of sp³-hybridized carbons (Fsp3) is 0.348. The molecule has 7 heteroatoms. The van der Waals surface area contributed by atoms with Gasteiger partial charge in [0.25, 0.3) is 5.91 Å². The van der Waals surface area contributed by atoms with E-state index in [1.807, 2.05) is 61.5 Å². The molecular weight excluding hydrogens is 384 g/mol. The molecule has 3 rings (SSSR count). The number of carbonyl (C=O) groups excluding carboxylic acids is 3. The van der Waals surface area contributed by atoms with Crippen LogP contribution in [0.1, 0.15) is 24.5 Å². The fourth-order valence-electron chi connectivity index (χ4n) is 3.22. The third-order valence-corrected chi connectivity index (χ3v) is 5.02.